The van der Waals surface area contributed by atoms with Crippen LogP contribution in [-0.2, 0) is 5.41 Å². The van der Waals surface area contributed by atoms with Gasteiger partial charge in [0.05, 0.1) is 0 Å². The number of hydrogen-bond donors (Lipinski definition) is 2. The molecule has 0 atom stereocenters. The number of hydrogen-bond acceptors (Lipinski definition) is 3. The molecule has 1 aromatic heterocycles. The molecular weight excluding hydrogens is 212 g/mol. The summed E-state index contributed by atoms with van der Waals surface area (Å²) in [6.07, 6.45) is 4.45. The van der Waals surface area contributed by atoms with Crippen molar-refractivity contribution >= 4 is 0 Å². The molecule has 4 nitrogen and oxygen atoms in total. The molecule has 2 heterocycles. The van der Waals surface area contributed by atoms with Crippen molar-refractivity contribution in [3.05, 3.63) is 17.7 Å². The second-order valence-electron chi connectivity index (χ2n) is 5.85. The van der Waals surface area contributed by atoms with Crippen LogP contribution < -0.4 is 5.73 Å². The smallest absolute Gasteiger partial charge is 0.113 e. The van der Waals surface area contributed by atoms with Crippen LogP contribution in [0.25, 0.3) is 0 Å². The number of H-pyrrole nitrogens is 1. The SMILES string of the molecule is CN1CCC(c2cnc(C(C)(C)CN)[nH]2)CC1. The van der Waals surface area contributed by atoms with E-state index in [9.17, 15) is 0 Å². The molecule has 1 aromatic rings. The summed E-state index contributed by atoms with van der Waals surface area (Å²) in [6.45, 7) is 7.24. The molecule has 0 amide bonds. The van der Waals surface area contributed by atoms with Gasteiger partial charge < -0.3 is 15.6 Å². The van der Waals surface area contributed by atoms with Crippen molar-refractivity contribution < 1.29 is 0 Å². The van der Waals surface area contributed by atoms with E-state index in [4.69, 9.17) is 5.73 Å². The summed E-state index contributed by atoms with van der Waals surface area (Å²) in [5, 5.41) is 0. The maximum absolute atomic E-state index is 5.78. The van der Waals surface area contributed by atoms with Gasteiger partial charge in [0.2, 0.25) is 0 Å². The Bertz CT molecular complexity index is 361. The summed E-state index contributed by atoms with van der Waals surface area (Å²) in [7, 11) is 2.19. The molecule has 0 unspecified atom stereocenters. The molecule has 1 fully saturated rings. The molecule has 1 aliphatic heterocycles. The van der Waals surface area contributed by atoms with E-state index in [-0.39, 0.29) is 5.41 Å². The Kier molecular flexibility index (Phi) is 3.54. The summed E-state index contributed by atoms with van der Waals surface area (Å²) in [5.41, 5.74) is 7.01. The molecule has 17 heavy (non-hydrogen) atoms. The zero-order valence-corrected chi connectivity index (χ0v) is 11.2. The molecule has 1 aliphatic rings. The van der Waals surface area contributed by atoms with E-state index in [2.05, 4.69) is 35.8 Å². The van der Waals surface area contributed by atoms with Crippen LogP contribution in [0.1, 0.15) is 44.1 Å². The number of imidazole rings is 1. The number of nitrogens with one attached hydrogen (secondary N) is 1. The van der Waals surface area contributed by atoms with E-state index in [1.54, 1.807) is 0 Å². The van der Waals surface area contributed by atoms with Crippen LogP contribution in [0.3, 0.4) is 0 Å². The van der Waals surface area contributed by atoms with Crippen molar-refractivity contribution in [3.8, 4) is 0 Å². The Morgan fingerprint density at radius 1 is 1.47 bits per heavy atom. The summed E-state index contributed by atoms with van der Waals surface area (Å²) in [4.78, 5) is 10.4. The summed E-state index contributed by atoms with van der Waals surface area (Å²) >= 11 is 0. The van der Waals surface area contributed by atoms with Crippen LogP contribution in [0, 0.1) is 0 Å². The third-order valence-electron chi connectivity index (χ3n) is 3.91. The van der Waals surface area contributed by atoms with Crippen molar-refractivity contribution in [2.24, 2.45) is 5.73 Å². The first-order chi connectivity index (χ1) is 8.03. The van der Waals surface area contributed by atoms with Crippen LogP contribution in [0.2, 0.25) is 0 Å². The van der Waals surface area contributed by atoms with Gasteiger partial charge in [-0.05, 0) is 33.0 Å². The van der Waals surface area contributed by atoms with Crippen LogP contribution in [0.4, 0.5) is 0 Å². The van der Waals surface area contributed by atoms with Crippen LogP contribution in [0.15, 0.2) is 6.20 Å². The third-order valence-corrected chi connectivity index (χ3v) is 3.91. The lowest BCUT2D eigenvalue weighted by Gasteiger charge is -2.28. The maximum Gasteiger partial charge on any atom is 0.113 e. The van der Waals surface area contributed by atoms with Gasteiger partial charge in [-0.2, -0.15) is 0 Å². The Balaban J connectivity index is 2.08. The highest BCUT2D eigenvalue weighted by Gasteiger charge is 2.25. The monoisotopic (exact) mass is 236 g/mol. The average molecular weight is 236 g/mol. The summed E-state index contributed by atoms with van der Waals surface area (Å²) in [6, 6.07) is 0. The van der Waals surface area contributed by atoms with Crippen molar-refractivity contribution in [2.45, 2.75) is 38.0 Å². The number of aromatic nitrogens is 2. The van der Waals surface area contributed by atoms with Crippen molar-refractivity contribution in [1.29, 1.82) is 0 Å². The number of rotatable bonds is 3. The van der Waals surface area contributed by atoms with Gasteiger partial charge >= 0.3 is 0 Å². The topological polar surface area (TPSA) is 57.9 Å². The highest BCUT2D eigenvalue weighted by atomic mass is 15.1. The normalized spacial score (nSPS) is 19.8. The zero-order chi connectivity index (χ0) is 12.5. The van der Waals surface area contributed by atoms with Crippen molar-refractivity contribution in [3.63, 3.8) is 0 Å². The van der Waals surface area contributed by atoms with E-state index in [1.165, 1.54) is 31.6 Å². The molecule has 0 aromatic carbocycles. The van der Waals surface area contributed by atoms with E-state index in [0.29, 0.717) is 12.5 Å². The number of nitrogens with two attached hydrogens (primary N) is 1. The van der Waals surface area contributed by atoms with Gasteiger partial charge in [0, 0.05) is 29.8 Å². The number of piperidine rings is 1. The van der Waals surface area contributed by atoms with Gasteiger partial charge in [-0.1, -0.05) is 13.8 Å². The molecule has 0 radical (unpaired) electrons. The predicted molar refractivity (Wildman–Crippen MR) is 70.1 cm³/mol. The fraction of sp³-hybridized carbons (Fsp3) is 0.769. The van der Waals surface area contributed by atoms with E-state index in [0.717, 1.165) is 5.82 Å². The molecule has 96 valence electrons. The minimum atomic E-state index is -0.0519. The lowest BCUT2D eigenvalue weighted by Crippen LogP contribution is -2.30. The molecule has 2 rings (SSSR count). The zero-order valence-electron chi connectivity index (χ0n) is 11.2. The van der Waals surface area contributed by atoms with Gasteiger partial charge in [-0.3, -0.25) is 0 Å². The van der Waals surface area contributed by atoms with E-state index >= 15 is 0 Å². The molecule has 3 N–H and O–H groups in total. The second kappa shape index (κ2) is 4.78. The minimum Gasteiger partial charge on any atom is -0.345 e. The largest absolute Gasteiger partial charge is 0.345 e. The second-order valence-corrected chi connectivity index (χ2v) is 5.85. The summed E-state index contributed by atoms with van der Waals surface area (Å²) in [5.74, 6) is 1.66. The molecule has 0 bridgehead atoms. The third kappa shape index (κ3) is 2.69. The molecular formula is C13H24N4. The van der Waals surface area contributed by atoms with Gasteiger partial charge in [-0.25, -0.2) is 4.98 Å². The van der Waals surface area contributed by atoms with E-state index < -0.39 is 0 Å². The standard InChI is InChI=1S/C13H24N4/c1-13(2,9-14)12-15-8-11(16-12)10-4-6-17(3)7-5-10/h8,10H,4-7,9,14H2,1-3H3,(H,15,16). The lowest BCUT2D eigenvalue weighted by atomic mass is 9.92. The highest BCUT2D eigenvalue weighted by molar-refractivity contribution is 5.14. The first-order valence-electron chi connectivity index (χ1n) is 6.47. The van der Waals surface area contributed by atoms with Crippen molar-refractivity contribution in [1.82, 2.24) is 14.9 Å². The van der Waals surface area contributed by atoms with Crippen LogP contribution in [0.5, 0.6) is 0 Å². The number of aromatic amines is 1. The minimum absolute atomic E-state index is 0.0519. The summed E-state index contributed by atoms with van der Waals surface area (Å²) < 4.78 is 0. The molecule has 4 heteroatoms. The Hall–Kier alpha value is -0.870. The van der Waals surface area contributed by atoms with Gasteiger partial charge in [0.25, 0.3) is 0 Å². The first-order valence-corrected chi connectivity index (χ1v) is 6.47. The maximum atomic E-state index is 5.78. The van der Waals surface area contributed by atoms with Crippen LogP contribution in [-0.4, -0.2) is 41.5 Å². The molecule has 1 saturated heterocycles. The number of likely N-dealkylation sites (tertiary alicyclic amines) is 1. The highest BCUT2D eigenvalue weighted by Crippen LogP contribution is 2.28. The Labute approximate surface area is 104 Å². The Morgan fingerprint density at radius 2 is 2.12 bits per heavy atom. The van der Waals surface area contributed by atoms with Gasteiger partial charge in [-0.15, -0.1) is 0 Å². The molecule has 0 aliphatic carbocycles. The fourth-order valence-electron chi connectivity index (χ4n) is 2.30. The van der Waals surface area contributed by atoms with E-state index in [1.807, 2.05) is 6.20 Å². The van der Waals surface area contributed by atoms with Gasteiger partial charge in [0.1, 0.15) is 5.82 Å². The van der Waals surface area contributed by atoms with Gasteiger partial charge in [0.15, 0.2) is 0 Å². The first kappa shape index (κ1) is 12.6. The fourth-order valence-corrected chi connectivity index (χ4v) is 2.30. The lowest BCUT2D eigenvalue weighted by molar-refractivity contribution is 0.253. The quantitative estimate of drug-likeness (QED) is 0.835. The molecule has 0 spiro atoms. The molecule has 0 saturated carbocycles. The predicted octanol–water partition coefficient (Wildman–Crippen LogP) is 1.46. The Morgan fingerprint density at radius 3 is 2.71 bits per heavy atom. The number of nitrogens with zero attached hydrogens (tertiary/aromatic N) is 2. The average Bonchev–Trinajstić information content (AvgIpc) is 2.80. The van der Waals surface area contributed by atoms with Crippen molar-refractivity contribution in [2.75, 3.05) is 26.7 Å². The van der Waals surface area contributed by atoms with Crippen LogP contribution >= 0.6 is 0 Å².